The first-order chi connectivity index (χ1) is 20.6. The zero-order chi connectivity index (χ0) is 31.1. The molecule has 0 unspecified atom stereocenters. The van der Waals surface area contributed by atoms with Crippen molar-refractivity contribution in [1.82, 2.24) is 24.5 Å². The maximum Gasteiger partial charge on any atom is 0.323 e. The van der Waals surface area contributed by atoms with Crippen LogP contribution in [-0.4, -0.2) is 99.9 Å². The average molecular weight is 628 g/mol. The molecule has 3 amide bonds. The molecular formula is C28H29N5O8S2. The highest BCUT2D eigenvalue weighted by Crippen LogP contribution is 2.21. The van der Waals surface area contributed by atoms with E-state index in [1.165, 1.54) is 23.5 Å². The Kier molecular flexibility index (Phi) is 10.2. The Balaban J connectivity index is 1.61. The first-order valence-electron chi connectivity index (χ1n) is 13.1. The smallest absolute Gasteiger partial charge is 0.323 e. The number of ether oxygens (including phenoxy) is 2. The number of rotatable bonds is 11. The van der Waals surface area contributed by atoms with Gasteiger partial charge >= 0.3 is 11.9 Å². The quantitative estimate of drug-likeness (QED) is 0.211. The summed E-state index contributed by atoms with van der Waals surface area (Å²) in [5.41, 5.74) is 1.70. The summed E-state index contributed by atoms with van der Waals surface area (Å²) in [7, 11) is 2.68. The molecule has 13 nitrogen and oxygen atoms in total. The predicted molar refractivity (Wildman–Crippen MR) is 157 cm³/mol. The van der Waals surface area contributed by atoms with Crippen LogP contribution in [0.25, 0.3) is 11.4 Å². The van der Waals surface area contributed by atoms with Crippen molar-refractivity contribution in [2.75, 3.05) is 33.9 Å². The third kappa shape index (κ3) is 7.81. The van der Waals surface area contributed by atoms with E-state index in [2.05, 4.69) is 14.7 Å². The van der Waals surface area contributed by atoms with Crippen LogP contribution in [-0.2, 0) is 30.3 Å². The number of carbonyl (C=O) groups excluding carboxylic acids is 4. The van der Waals surface area contributed by atoms with Gasteiger partial charge in [-0.3, -0.25) is 28.3 Å². The van der Waals surface area contributed by atoms with Crippen LogP contribution in [0.5, 0.6) is 5.75 Å². The van der Waals surface area contributed by atoms with Crippen molar-refractivity contribution in [2.24, 2.45) is 0 Å². The van der Waals surface area contributed by atoms with Gasteiger partial charge in [-0.2, -0.15) is 0 Å². The second-order valence-corrected chi connectivity index (χ2v) is 11.0. The minimum absolute atomic E-state index is 0.0435. The van der Waals surface area contributed by atoms with E-state index in [9.17, 15) is 29.1 Å². The number of amides is 3. The fraction of sp³-hybridized carbons (Fsp3) is 0.321. The fourth-order valence-corrected chi connectivity index (χ4v) is 5.33. The largest absolute Gasteiger partial charge is 0.497 e. The predicted octanol–water partition coefficient (Wildman–Crippen LogP) is 1.90. The van der Waals surface area contributed by atoms with E-state index in [-0.39, 0.29) is 25.1 Å². The summed E-state index contributed by atoms with van der Waals surface area (Å²) in [5, 5.41) is 12.0. The van der Waals surface area contributed by atoms with Crippen LogP contribution in [0.4, 0.5) is 0 Å². The van der Waals surface area contributed by atoms with Crippen molar-refractivity contribution in [3.63, 3.8) is 0 Å². The SMILES string of the molecule is COC(=O)C[C@H]1C(=O)N(CC(=O)O)CCN1C(=O)[C@H](Cc1ccc(OC)cc1)NC(=O)c1ccc(-c2nc(=S)s[nH]2)cc1. The number of nitrogens with one attached hydrogen (secondary N) is 2. The first-order valence-corrected chi connectivity index (χ1v) is 14.3. The van der Waals surface area contributed by atoms with Crippen molar-refractivity contribution in [3.05, 3.63) is 63.6 Å². The summed E-state index contributed by atoms with van der Waals surface area (Å²) < 4.78 is 13.4. The molecule has 0 radical (unpaired) electrons. The highest BCUT2D eigenvalue weighted by atomic mass is 32.2. The van der Waals surface area contributed by atoms with Gasteiger partial charge in [-0.15, -0.1) is 0 Å². The molecule has 2 heterocycles. The third-order valence-electron chi connectivity index (χ3n) is 6.84. The fourth-order valence-electron chi connectivity index (χ4n) is 4.63. The highest BCUT2D eigenvalue weighted by Gasteiger charge is 2.42. The van der Waals surface area contributed by atoms with Crippen LogP contribution in [0, 0.1) is 3.95 Å². The van der Waals surface area contributed by atoms with Gasteiger partial charge in [-0.25, -0.2) is 4.98 Å². The summed E-state index contributed by atoms with van der Waals surface area (Å²) in [5.74, 6) is -2.63. The van der Waals surface area contributed by atoms with Crippen LogP contribution in [0.15, 0.2) is 48.5 Å². The zero-order valence-electron chi connectivity index (χ0n) is 23.3. The van der Waals surface area contributed by atoms with Crippen LogP contribution >= 0.6 is 23.8 Å². The van der Waals surface area contributed by atoms with Crippen molar-refractivity contribution in [2.45, 2.75) is 24.9 Å². The highest BCUT2D eigenvalue weighted by molar-refractivity contribution is 7.73. The molecule has 0 spiro atoms. The van der Waals surface area contributed by atoms with Gasteiger partial charge < -0.3 is 29.7 Å². The average Bonchev–Trinajstić information content (AvgIpc) is 3.44. The molecular weight excluding hydrogens is 598 g/mol. The number of carboxylic acid groups (broad SMARTS) is 1. The normalized spacial score (nSPS) is 15.5. The number of carboxylic acids is 1. The molecule has 2 aromatic carbocycles. The van der Waals surface area contributed by atoms with Gasteiger partial charge in [-0.1, -0.05) is 24.3 Å². The number of hydrogen-bond acceptors (Lipinski definition) is 10. The van der Waals surface area contributed by atoms with Crippen LogP contribution in [0.1, 0.15) is 22.3 Å². The molecule has 43 heavy (non-hydrogen) atoms. The second-order valence-electron chi connectivity index (χ2n) is 9.57. The molecule has 0 saturated carbocycles. The Hall–Kier alpha value is -4.63. The van der Waals surface area contributed by atoms with Gasteiger partial charge in [0, 0.05) is 30.6 Å². The Morgan fingerprint density at radius 1 is 1.12 bits per heavy atom. The first kappa shape index (κ1) is 31.3. The molecule has 1 saturated heterocycles. The van der Waals surface area contributed by atoms with Gasteiger partial charge in [0.25, 0.3) is 5.91 Å². The number of methoxy groups -OCH3 is 2. The van der Waals surface area contributed by atoms with Gasteiger partial charge in [-0.05, 0) is 53.6 Å². The molecule has 3 aromatic rings. The summed E-state index contributed by atoms with van der Waals surface area (Å²) in [6.45, 7) is -0.677. The number of benzene rings is 2. The number of carbonyl (C=O) groups is 5. The number of piperazine rings is 1. The van der Waals surface area contributed by atoms with Crippen molar-refractivity contribution < 1.29 is 38.6 Å². The summed E-state index contributed by atoms with van der Waals surface area (Å²) in [4.78, 5) is 70.6. The van der Waals surface area contributed by atoms with Crippen LogP contribution < -0.4 is 10.1 Å². The molecule has 226 valence electrons. The number of hydrogen-bond donors (Lipinski definition) is 3. The lowest BCUT2D eigenvalue weighted by Gasteiger charge is -2.41. The van der Waals surface area contributed by atoms with Gasteiger partial charge in [0.05, 0.1) is 20.6 Å². The Bertz CT molecular complexity index is 1550. The number of aliphatic carboxylic acids is 1. The molecule has 1 aliphatic rings. The lowest BCUT2D eigenvalue weighted by molar-refractivity contribution is -0.159. The number of aromatic amines is 1. The van der Waals surface area contributed by atoms with Gasteiger partial charge in [0.2, 0.25) is 11.8 Å². The lowest BCUT2D eigenvalue weighted by atomic mass is 10.0. The van der Waals surface area contributed by atoms with E-state index in [0.29, 0.717) is 21.1 Å². The van der Waals surface area contributed by atoms with Crippen LogP contribution in [0.3, 0.4) is 0 Å². The number of esters is 1. The Morgan fingerprint density at radius 3 is 2.40 bits per heavy atom. The molecule has 1 aliphatic heterocycles. The van der Waals surface area contributed by atoms with E-state index in [4.69, 9.17) is 21.7 Å². The lowest BCUT2D eigenvalue weighted by Crippen LogP contribution is -2.63. The summed E-state index contributed by atoms with van der Waals surface area (Å²) >= 11 is 6.27. The van der Waals surface area contributed by atoms with Crippen LogP contribution in [0.2, 0.25) is 0 Å². The second kappa shape index (κ2) is 14.0. The topological polar surface area (TPSA) is 171 Å². The van der Waals surface area contributed by atoms with E-state index in [1.54, 1.807) is 48.5 Å². The molecule has 0 bridgehead atoms. The van der Waals surface area contributed by atoms with E-state index in [0.717, 1.165) is 17.6 Å². The Labute approximate surface area is 255 Å². The van der Waals surface area contributed by atoms with Crippen molar-refractivity contribution in [1.29, 1.82) is 0 Å². The van der Waals surface area contributed by atoms with E-state index < -0.39 is 54.7 Å². The molecule has 3 N–H and O–H groups in total. The molecule has 15 heteroatoms. The summed E-state index contributed by atoms with van der Waals surface area (Å²) in [6.07, 6.45) is -0.405. The van der Waals surface area contributed by atoms with Gasteiger partial charge in [0.15, 0.2) is 3.95 Å². The molecule has 4 rings (SSSR count). The van der Waals surface area contributed by atoms with Gasteiger partial charge in [0.1, 0.15) is 30.2 Å². The summed E-state index contributed by atoms with van der Waals surface area (Å²) in [6, 6.07) is 11.1. The maximum atomic E-state index is 14.0. The number of H-pyrrole nitrogens is 1. The number of nitrogens with zero attached hydrogens (tertiary/aromatic N) is 3. The minimum atomic E-state index is -1.30. The standard InChI is InChI=1S/C28H29N5O8S2/c1-40-19-9-3-16(4-10-19)13-20(29-25(37)18-7-5-17(6-8-18)24-30-28(42)43-31-24)26(38)33-12-11-32(15-22(34)35)27(39)21(33)14-23(36)41-2/h3-10,20-21H,11-15H2,1-2H3,(H,29,37)(H,34,35)(H,30,31,42)/t20-,21-/m0/s1. The molecule has 2 atom stereocenters. The maximum absolute atomic E-state index is 14.0. The number of aromatic nitrogens is 2. The van der Waals surface area contributed by atoms with E-state index >= 15 is 0 Å². The monoisotopic (exact) mass is 627 g/mol. The third-order valence-corrected chi connectivity index (χ3v) is 7.74. The zero-order valence-corrected chi connectivity index (χ0v) is 24.9. The molecule has 0 aliphatic carbocycles. The minimum Gasteiger partial charge on any atom is -0.497 e. The molecule has 1 aromatic heterocycles. The molecule has 1 fully saturated rings. The van der Waals surface area contributed by atoms with Crippen molar-refractivity contribution >= 4 is 53.4 Å². The van der Waals surface area contributed by atoms with E-state index in [1.807, 2.05) is 0 Å². The Morgan fingerprint density at radius 2 is 1.81 bits per heavy atom. The van der Waals surface area contributed by atoms with Crippen molar-refractivity contribution in [3.8, 4) is 17.1 Å².